The number of nitrogens with one attached hydrogen (secondary N) is 1. The average Bonchev–Trinajstić information content (AvgIpc) is 2.83. The number of rotatable bonds is 4. The van der Waals surface area contributed by atoms with Gasteiger partial charge in [0.1, 0.15) is 12.7 Å². The van der Waals surface area contributed by atoms with E-state index in [1.54, 1.807) is 36.4 Å². The molecule has 0 radical (unpaired) electrons. The van der Waals surface area contributed by atoms with Gasteiger partial charge in [0, 0.05) is 5.39 Å². The number of benzene rings is 3. The van der Waals surface area contributed by atoms with Crippen molar-refractivity contribution >= 4 is 16.7 Å². The summed E-state index contributed by atoms with van der Waals surface area (Å²) < 4.78 is 12.9. The van der Waals surface area contributed by atoms with Gasteiger partial charge < -0.3 is 14.8 Å². The summed E-state index contributed by atoms with van der Waals surface area (Å²) in [6.07, 6.45) is -0.329. The van der Waals surface area contributed by atoms with Crippen molar-refractivity contribution in [2.75, 3.05) is 13.2 Å². The number of hydrogen-bond acceptors (Lipinski definition) is 5. The average molecular weight is 413 g/mol. The summed E-state index contributed by atoms with van der Waals surface area (Å²) in [5, 5.41) is 8.19. The van der Waals surface area contributed by atoms with Crippen LogP contribution in [0.2, 0.25) is 0 Å². The molecule has 2 heterocycles. The summed E-state index contributed by atoms with van der Waals surface area (Å²) in [5.74, 6) is 0.949. The van der Waals surface area contributed by atoms with Crippen LogP contribution in [-0.2, 0) is 0 Å². The number of hydrogen-bond donors (Lipinski definition) is 1. The summed E-state index contributed by atoms with van der Waals surface area (Å²) in [7, 11) is 0. The van der Waals surface area contributed by atoms with Crippen molar-refractivity contribution < 1.29 is 14.3 Å². The Morgan fingerprint density at radius 2 is 1.61 bits per heavy atom. The zero-order chi connectivity index (χ0) is 21.2. The van der Waals surface area contributed by atoms with E-state index in [1.807, 2.05) is 42.5 Å². The Morgan fingerprint density at radius 3 is 2.42 bits per heavy atom. The number of amides is 1. The Bertz CT molecular complexity index is 1320. The van der Waals surface area contributed by atoms with Gasteiger partial charge in [-0.1, -0.05) is 48.5 Å². The number of aromatic nitrogens is 2. The molecule has 1 aromatic heterocycles. The Kier molecular flexibility index (Phi) is 4.84. The topological polar surface area (TPSA) is 82.4 Å². The summed E-state index contributed by atoms with van der Waals surface area (Å²) in [6.45, 7) is 0.572. The largest absolute Gasteiger partial charge is 0.486 e. The molecule has 1 amide bonds. The van der Waals surface area contributed by atoms with Gasteiger partial charge >= 0.3 is 0 Å². The molecule has 1 aliphatic heterocycles. The van der Waals surface area contributed by atoms with Crippen molar-refractivity contribution in [1.82, 2.24) is 15.1 Å². The van der Waals surface area contributed by atoms with Gasteiger partial charge in [-0.2, -0.15) is 9.78 Å². The maximum atomic E-state index is 13.1. The highest BCUT2D eigenvalue weighted by Crippen LogP contribution is 2.30. The van der Waals surface area contributed by atoms with Crippen LogP contribution >= 0.6 is 0 Å². The van der Waals surface area contributed by atoms with Crippen molar-refractivity contribution in [2.45, 2.75) is 6.10 Å². The number of carbonyl (C=O) groups excluding carboxylic acids is 1. The van der Waals surface area contributed by atoms with Crippen molar-refractivity contribution in [1.29, 1.82) is 0 Å². The third-order valence-electron chi connectivity index (χ3n) is 5.08. The van der Waals surface area contributed by atoms with Gasteiger partial charge in [0.05, 0.1) is 17.6 Å². The minimum Gasteiger partial charge on any atom is -0.486 e. The van der Waals surface area contributed by atoms with Gasteiger partial charge in [-0.15, -0.1) is 0 Å². The van der Waals surface area contributed by atoms with E-state index in [0.29, 0.717) is 34.6 Å². The number of carbonyl (C=O) groups is 1. The maximum absolute atomic E-state index is 13.1. The van der Waals surface area contributed by atoms with Crippen molar-refractivity contribution in [3.8, 4) is 17.2 Å². The smallest absolute Gasteiger partial charge is 0.279 e. The first kappa shape index (κ1) is 18.9. The van der Waals surface area contributed by atoms with Crippen LogP contribution in [0.5, 0.6) is 11.5 Å². The molecule has 0 aliphatic carbocycles. The molecule has 0 fully saturated rings. The molecule has 0 bridgehead atoms. The molecule has 1 N–H and O–H groups in total. The van der Waals surface area contributed by atoms with Crippen LogP contribution in [0.1, 0.15) is 10.5 Å². The van der Waals surface area contributed by atoms with Gasteiger partial charge in [0.15, 0.2) is 17.2 Å². The highest BCUT2D eigenvalue weighted by atomic mass is 16.6. The van der Waals surface area contributed by atoms with Gasteiger partial charge in [-0.05, 0) is 30.3 Å². The fraction of sp³-hybridized carbons (Fsp3) is 0.125. The molecular formula is C24H19N3O4. The van der Waals surface area contributed by atoms with E-state index >= 15 is 0 Å². The van der Waals surface area contributed by atoms with E-state index in [1.165, 1.54) is 4.68 Å². The predicted octanol–water partition coefficient (Wildman–Crippen LogP) is 2.96. The van der Waals surface area contributed by atoms with E-state index in [0.717, 1.165) is 0 Å². The zero-order valence-corrected chi connectivity index (χ0v) is 16.5. The first-order valence-electron chi connectivity index (χ1n) is 9.95. The second-order valence-electron chi connectivity index (χ2n) is 7.15. The lowest BCUT2D eigenvalue weighted by atomic mass is 10.1. The van der Waals surface area contributed by atoms with Crippen LogP contribution in [0, 0.1) is 0 Å². The fourth-order valence-electron chi connectivity index (χ4n) is 3.56. The predicted molar refractivity (Wildman–Crippen MR) is 116 cm³/mol. The van der Waals surface area contributed by atoms with E-state index in [4.69, 9.17) is 9.47 Å². The monoisotopic (exact) mass is 413 g/mol. The molecule has 0 saturated heterocycles. The highest BCUT2D eigenvalue weighted by molar-refractivity contribution is 6.04. The van der Waals surface area contributed by atoms with E-state index in [2.05, 4.69) is 10.4 Å². The normalized spacial score (nSPS) is 14.9. The third-order valence-corrected chi connectivity index (χ3v) is 5.08. The number of ether oxygens (including phenoxy) is 2. The Balaban J connectivity index is 1.44. The van der Waals surface area contributed by atoms with Crippen LogP contribution in [0.4, 0.5) is 0 Å². The first-order chi connectivity index (χ1) is 15.2. The molecule has 4 aromatic rings. The highest BCUT2D eigenvalue weighted by Gasteiger charge is 2.23. The van der Waals surface area contributed by atoms with Crippen molar-refractivity contribution in [3.63, 3.8) is 0 Å². The molecule has 5 rings (SSSR count). The maximum Gasteiger partial charge on any atom is 0.279 e. The van der Waals surface area contributed by atoms with Gasteiger partial charge in [0.2, 0.25) is 0 Å². The molecule has 0 saturated carbocycles. The van der Waals surface area contributed by atoms with Crippen LogP contribution in [-0.4, -0.2) is 34.9 Å². The molecule has 1 aliphatic rings. The van der Waals surface area contributed by atoms with Gasteiger partial charge in [0.25, 0.3) is 11.5 Å². The molecular weight excluding hydrogens is 394 g/mol. The van der Waals surface area contributed by atoms with Gasteiger partial charge in [-0.3, -0.25) is 9.59 Å². The minimum absolute atomic E-state index is 0.177. The van der Waals surface area contributed by atoms with Gasteiger partial charge in [-0.25, -0.2) is 0 Å². The Hall–Kier alpha value is -4.13. The molecule has 1 atom stereocenters. The summed E-state index contributed by atoms with van der Waals surface area (Å²) >= 11 is 0. The quantitative estimate of drug-likeness (QED) is 0.556. The lowest BCUT2D eigenvalue weighted by molar-refractivity contribution is 0.0786. The fourth-order valence-corrected chi connectivity index (χ4v) is 3.56. The number of para-hydroxylation sites is 3. The summed E-state index contributed by atoms with van der Waals surface area (Å²) in [4.78, 5) is 26.0. The first-order valence-corrected chi connectivity index (χ1v) is 9.95. The number of nitrogens with zero attached hydrogens (tertiary/aromatic N) is 2. The Labute approximate surface area is 177 Å². The summed E-state index contributed by atoms with van der Waals surface area (Å²) in [6, 6.07) is 23.4. The SMILES string of the molecule is O=C(NC[C@H]1COc2ccccc2O1)c1nn(-c2ccccc2)c(=O)c2ccccc12. The van der Waals surface area contributed by atoms with Crippen LogP contribution in [0.25, 0.3) is 16.5 Å². The molecule has 0 spiro atoms. The lowest BCUT2D eigenvalue weighted by Gasteiger charge is -2.26. The van der Waals surface area contributed by atoms with E-state index in [9.17, 15) is 9.59 Å². The van der Waals surface area contributed by atoms with E-state index in [-0.39, 0.29) is 29.8 Å². The third kappa shape index (κ3) is 3.61. The van der Waals surface area contributed by atoms with Crippen LogP contribution in [0.3, 0.4) is 0 Å². The van der Waals surface area contributed by atoms with Crippen molar-refractivity contribution in [2.24, 2.45) is 0 Å². The molecule has 0 unspecified atom stereocenters. The Morgan fingerprint density at radius 1 is 0.935 bits per heavy atom. The van der Waals surface area contributed by atoms with Crippen molar-refractivity contribution in [3.05, 3.63) is 94.9 Å². The molecule has 7 heteroatoms. The standard InChI is InChI=1S/C24H19N3O4/c28-23(25-14-17-15-30-20-12-6-7-13-21(20)31-17)22-18-10-4-5-11-19(18)24(29)27(26-22)16-8-2-1-3-9-16/h1-13,17H,14-15H2,(H,25,28)/t17-/m0/s1. The van der Waals surface area contributed by atoms with E-state index < -0.39 is 0 Å². The summed E-state index contributed by atoms with van der Waals surface area (Å²) in [5.41, 5.74) is 0.489. The van der Waals surface area contributed by atoms with Crippen LogP contribution in [0.15, 0.2) is 83.7 Å². The minimum atomic E-state index is -0.386. The second kappa shape index (κ2) is 7.95. The van der Waals surface area contributed by atoms with Crippen LogP contribution < -0.4 is 20.3 Å². The second-order valence-corrected chi connectivity index (χ2v) is 7.15. The number of fused-ring (bicyclic) bond motifs is 2. The lowest BCUT2D eigenvalue weighted by Crippen LogP contribution is -2.41. The molecule has 154 valence electrons. The molecule has 3 aromatic carbocycles. The zero-order valence-electron chi connectivity index (χ0n) is 16.5. The molecule has 7 nitrogen and oxygen atoms in total. The molecule has 31 heavy (non-hydrogen) atoms.